The number of rotatable bonds is 6. The zero-order valence-corrected chi connectivity index (χ0v) is 16.1. The van der Waals surface area contributed by atoms with Crippen molar-refractivity contribution in [3.8, 4) is 0 Å². The molecule has 0 bridgehead atoms. The van der Waals surface area contributed by atoms with Crippen molar-refractivity contribution in [2.45, 2.75) is 20.3 Å². The molecular weight excluding hydrogens is 368 g/mol. The third-order valence-electron chi connectivity index (χ3n) is 3.89. The molecular formula is C20H21ClN2O4. The molecule has 2 rings (SSSR count). The number of halogens is 1. The number of ketones is 1. The molecule has 0 radical (unpaired) electrons. The molecule has 0 aliphatic heterocycles. The number of carbonyl (C=O) groups is 3. The molecule has 0 atom stereocenters. The number of esters is 1. The van der Waals surface area contributed by atoms with Crippen molar-refractivity contribution in [2.75, 3.05) is 17.7 Å². The fraction of sp³-hybridized carbons (Fsp3) is 0.250. The standard InChI is InChI=1S/C20H21ClN2O4/c1-20(2,12-17(24)27-3)18(25)13-6-4-8-15(10-13)22-19(26)23-16-9-5-7-14(21)11-16/h4-11H,12H2,1-3H3,(H2,22,23,26). The highest BCUT2D eigenvalue weighted by molar-refractivity contribution is 6.30. The Balaban J connectivity index is 2.09. The highest BCUT2D eigenvalue weighted by Crippen LogP contribution is 2.27. The van der Waals surface area contributed by atoms with Crippen LogP contribution in [-0.2, 0) is 9.53 Å². The van der Waals surface area contributed by atoms with Crippen LogP contribution in [0.3, 0.4) is 0 Å². The van der Waals surface area contributed by atoms with E-state index < -0.39 is 17.4 Å². The molecule has 0 saturated carbocycles. The van der Waals surface area contributed by atoms with E-state index in [1.807, 2.05) is 0 Å². The normalized spacial score (nSPS) is 10.8. The van der Waals surface area contributed by atoms with Gasteiger partial charge in [-0.2, -0.15) is 0 Å². The topological polar surface area (TPSA) is 84.5 Å². The lowest BCUT2D eigenvalue weighted by Crippen LogP contribution is -2.28. The molecule has 0 aromatic heterocycles. The van der Waals surface area contributed by atoms with Gasteiger partial charge in [0.25, 0.3) is 0 Å². The first-order chi connectivity index (χ1) is 12.7. The molecule has 0 aliphatic rings. The molecule has 142 valence electrons. The summed E-state index contributed by atoms with van der Waals surface area (Å²) in [7, 11) is 1.28. The van der Waals surface area contributed by atoms with Crippen LogP contribution in [0.15, 0.2) is 48.5 Å². The highest BCUT2D eigenvalue weighted by Gasteiger charge is 2.31. The Morgan fingerprint density at radius 1 is 1.00 bits per heavy atom. The molecule has 2 N–H and O–H groups in total. The van der Waals surface area contributed by atoms with Crippen molar-refractivity contribution in [1.82, 2.24) is 0 Å². The van der Waals surface area contributed by atoms with E-state index in [1.165, 1.54) is 7.11 Å². The van der Waals surface area contributed by atoms with Crippen molar-refractivity contribution >= 4 is 40.8 Å². The number of hydrogen-bond acceptors (Lipinski definition) is 4. The number of benzene rings is 2. The Hall–Kier alpha value is -2.86. The summed E-state index contributed by atoms with van der Waals surface area (Å²) in [5.74, 6) is -0.671. The van der Waals surface area contributed by atoms with Crippen LogP contribution in [0.5, 0.6) is 0 Å². The van der Waals surface area contributed by atoms with Gasteiger partial charge in [-0.05, 0) is 30.3 Å². The average Bonchev–Trinajstić information content (AvgIpc) is 2.60. The number of nitrogens with one attached hydrogen (secondary N) is 2. The molecule has 0 fully saturated rings. The van der Waals surface area contributed by atoms with Gasteiger partial charge in [-0.25, -0.2) is 4.79 Å². The summed E-state index contributed by atoms with van der Waals surface area (Å²) in [6.45, 7) is 3.36. The van der Waals surface area contributed by atoms with E-state index in [9.17, 15) is 14.4 Å². The summed E-state index contributed by atoms with van der Waals surface area (Å²) in [6.07, 6.45) is -0.0325. The first-order valence-corrected chi connectivity index (χ1v) is 8.64. The zero-order valence-electron chi connectivity index (χ0n) is 15.3. The summed E-state index contributed by atoms with van der Waals surface area (Å²) in [5.41, 5.74) is 0.472. The van der Waals surface area contributed by atoms with Crippen molar-refractivity contribution < 1.29 is 19.1 Å². The third kappa shape index (κ3) is 5.82. The molecule has 0 spiro atoms. The van der Waals surface area contributed by atoms with Crippen LogP contribution in [0.2, 0.25) is 5.02 Å². The number of amides is 2. The van der Waals surface area contributed by atoms with Gasteiger partial charge >= 0.3 is 12.0 Å². The van der Waals surface area contributed by atoms with E-state index in [-0.39, 0.29) is 12.2 Å². The second kappa shape index (κ2) is 8.68. The first kappa shape index (κ1) is 20.5. The SMILES string of the molecule is COC(=O)CC(C)(C)C(=O)c1cccc(NC(=O)Nc2cccc(Cl)c2)c1. The van der Waals surface area contributed by atoms with Crippen molar-refractivity contribution in [3.05, 3.63) is 59.1 Å². The van der Waals surface area contributed by atoms with Crippen LogP contribution >= 0.6 is 11.6 Å². The van der Waals surface area contributed by atoms with Crippen LogP contribution in [-0.4, -0.2) is 24.9 Å². The van der Waals surface area contributed by atoms with Gasteiger partial charge in [0.1, 0.15) is 0 Å². The summed E-state index contributed by atoms with van der Waals surface area (Å²) in [6, 6.07) is 12.8. The van der Waals surface area contributed by atoms with Gasteiger partial charge in [0.2, 0.25) is 0 Å². The maximum atomic E-state index is 12.7. The van der Waals surface area contributed by atoms with Crippen molar-refractivity contribution in [3.63, 3.8) is 0 Å². The van der Waals surface area contributed by atoms with E-state index in [0.717, 1.165) is 0 Å². The molecule has 0 saturated heterocycles. The largest absolute Gasteiger partial charge is 0.469 e. The lowest BCUT2D eigenvalue weighted by Gasteiger charge is -2.22. The minimum absolute atomic E-state index is 0.0325. The predicted molar refractivity (Wildman–Crippen MR) is 105 cm³/mol. The Morgan fingerprint density at radius 2 is 1.59 bits per heavy atom. The number of carbonyl (C=O) groups excluding carboxylic acids is 3. The van der Waals surface area contributed by atoms with E-state index >= 15 is 0 Å². The quantitative estimate of drug-likeness (QED) is 0.552. The maximum absolute atomic E-state index is 12.7. The number of Topliss-reactive ketones (excluding diaryl/α,β-unsaturated/α-hetero) is 1. The molecule has 7 heteroatoms. The highest BCUT2D eigenvalue weighted by atomic mass is 35.5. The van der Waals surface area contributed by atoms with Gasteiger partial charge in [-0.15, -0.1) is 0 Å². The lowest BCUT2D eigenvalue weighted by atomic mass is 9.81. The summed E-state index contributed by atoms with van der Waals surface area (Å²) in [4.78, 5) is 36.4. The van der Waals surface area contributed by atoms with Gasteiger partial charge in [-0.3, -0.25) is 9.59 Å². The zero-order chi connectivity index (χ0) is 20.0. The van der Waals surface area contributed by atoms with Crippen molar-refractivity contribution in [1.29, 1.82) is 0 Å². The Morgan fingerprint density at radius 3 is 2.19 bits per heavy atom. The van der Waals surface area contributed by atoms with Gasteiger partial charge in [0.05, 0.1) is 13.5 Å². The lowest BCUT2D eigenvalue weighted by molar-refractivity contribution is -0.142. The van der Waals surface area contributed by atoms with Crippen LogP contribution in [0.1, 0.15) is 30.6 Å². The van der Waals surface area contributed by atoms with Gasteiger partial charge < -0.3 is 15.4 Å². The first-order valence-electron chi connectivity index (χ1n) is 8.26. The average molecular weight is 389 g/mol. The van der Waals surface area contributed by atoms with E-state index in [0.29, 0.717) is 22.0 Å². The van der Waals surface area contributed by atoms with Gasteiger partial charge in [0.15, 0.2) is 5.78 Å². The van der Waals surface area contributed by atoms with Gasteiger partial charge in [0, 0.05) is 27.4 Å². The van der Waals surface area contributed by atoms with E-state index in [1.54, 1.807) is 62.4 Å². The van der Waals surface area contributed by atoms with Crippen LogP contribution in [0, 0.1) is 5.41 Å². The second-order valence-electron chi connectivity index (χ2n) is 6.64. The molecule has 6 nitrogen and oxygen atoms in total. The van der Waals surface area contributed by atoms with E-state index in [4.69, 9.17) is 11.6 Å². The molecule has 0 unspecified atom stereocenters. The summed E-state index contributed by atoms with van der Waals surface area (Å²) >= 11 is 5.89. The molecule has 0 aliphatic carbocycles. The summed E-state index contributed by atoms with van der Waals surface area (Å²) in [5, 5.41) is 5.84. The maximum Gasteiger partial charge on any atom is 0.323 e. The summed E-state index contributed by atoms with van der Waals surface area (Å²) < 4.78 is 4.65. The molecule has 0 heterocycles. The third-order valence-corrected chi connectivity index (χ3v) is 4.13. The Labute approximate surface area is 162 Å². The molecule has 2 amide bonds. The molecule has 2 aromatic carbocycles. The molecule has 2 aromatic rings. The van der Waals surface area contributed by atoms with Gasteiger partial charge in [-0.1, -0.05) is 43.6 Å². The predicted octanol–water partition coefficient (Wildman–Crippen LogP) is 4.76. The van der Waals surface area contributed by atoms with Crippen LogP contribution in [0.4, 0.5) is 16.2 Å². The fourth-order valence-corrected chi connectivity index (χ4v) is 2.69. The number of methoxy groups -OCH3 is 1. The Bertz CT molecular complexity index is 865. The fourth-order valence-electron chi connectivity index (χ4n) is 2.50. The smallest absolute Gasteiger partial charge is 0.323 e. The van der Waals surface area contributed by atoms with Crippen LogP contribution < -0.4 is 10.6 Å². The van der Waals surface area contributed by atoms with Crippen molar-refractivity contribution in [2.24, 2.45) is 5.41 Å². The molecule has 27 heavy (non-hydrogen) atoms. The Kier molecular flexibility index (Phi) is 6.58. The van der Waals surface area contributed by atoms with Crippen LogP contribution in [0.25, 0.3) is 0 Å². The number of urea groups is 1. The van der Waals surface area contributed by atoms with E-state index in [2.05, 4.69) is 15.4 Å². The number of anilines is 2. The monoisotopic (exact) mass is 388 g/mol. The second-order valence-corrected chi connectivity index (χ2v) is 7.07. The number of ether oxygens (including phenoxy) is 1. The minimum atomic E-state index is -0.922. The number of hydrogen-bond donors (Lipinski definition) is 2. The minimum Gasteiger partial charge on any atom is -0.469 e.